The Balaban J connectivity index is 1.95. The van der Waals surface area contributed by atoms with Gasteiger partial charge in [-0.05, 0) is 6.26 Å². The summed E-state index contributed by atoms with van der Waals surface area (Å²) in [6.07, 6.45) is -0.178. The van der Waals surface area contributed by atoms with Crippen molar-refractivity contribution in [3.8, 4) is 0 Å². The Morgan fingerprint density at radius 3 is 2.57 bits per heavy atom. The van der Waals surface area contributed by atoms with E-state index in [1.807, 2.05) is 0 Å². The summed E-state index contributed by atoms with van der Waals surface area (Å²) in [5.74, 6) is -1.90. The lowest BCUT2D eigenvalue weighted by atomic mass is 10.3. The van der Waals surface area contributed by atoms with Crippen LogP contribution in [0.5, 0.6) is 0 Å². The van der Waals surface area contributed by atoms with Crippen LogP contribution in [0, 0.1) is 0 Å². The first kappa shape index (κ1) is 15.2. The Morgan fingerprint density at radius 2 is 2.05 bits per heavy atom. The molecule has 2 aromatic rings. The molecule has 2 aromatic heterocycles. The number of H-pyrrole nitrogens is 1. The maximum atomic E-state index is 12.3. The molecule has 0 aromatic carbocycles. The van der Waals surface area contributed by atoms with Gasteiger partial charge < -0.3 is 5.32 Å². The number of hydrogen-bond acceptors (Lipinski definition) is 6. The number of halogens is 3. The van der Waals surface area contributed by atoms with Gasteiger partial charge in [0.25, 0.3) is 11.7 Å². The van der Waals surface area contributed by atoms with Gasteiger partial charge in [-0.2, -0.15) is 13.2 Å². The van der Waals surface area contributed by atoms with Crippen LogP contribution in [0.4, 0.5) is 13.2 Å². The normalized spacial score (nSPS) is 11.4. The van der Waals surface area contributed by atoms with Gasteiger partial charge in [0.15, 0.2) is 5.16 Å². The fraction of sp³-hybridized carbons (Fsp3) is 0.300. The molecule has 0 spiro atoms. The van der Waals surface area contributed by atoms with Crippen molar-refractivity contribution >= 4 is 17.7 Å². The van der Waals surface area contributed by atoms with Crippen molar-refractivity contribution in [2.75, 3.05) is 6.26 Å². The third-order valence-electron chi connectivity index (χ3n) is 2.27. The van der Waals surface area contributed by atoms with Gasteiger partial charge in [0.05, 0.1) is 12.1 Å². The number of rotatable bonds is 4. The van der Waals surface area contributed by atoms with Gasteiger partial charge in [-0.25, -0.2) is 15.0 Å². The van der Waals surface area contributed by atoms with Gasteiger partial charge in [0.2, 0.25) is 0 Å². The topological polar surface area (TPSA) is 96.5 Å². The molecule has 2 heterocycles. The number of carbonyl (C=O) groups is 1. The van der Waals surface area contributed by atoms with Crippen LogP contribution in [-0.2, 0) is 12.7 Å². The summed E-state index contributed by atoms with van der Waals surface area (Å²) >= 11 is 1.32. The molecular formula is C10H9F3N6OS. The Hall–Kier alpha value is -2.17. The number of hydrogen-bond donors (Lipinski definition) is 2. The fourth-order valence-corrected chi connectivity index (χ4v) is 1.62. The smallest absolute Gasteiger partial charge is 0.345 e. The summed E-state index contributed by atoms with van der Waals surface area (Å²) in [5, 5.41) is 8.03. The summed E-state index contributed by atoms with van der Waals surface area (Å²) in [4.78, 5) is 22.8. The van der Waals surface area contributed by atoms with E-state index < -0.39 is 17.9 Å². The molecule has 21 heavy (non-hydrogen) atoms. The number of carbonyl (C=O) groups excluding carboxylic acids is 1. The van der Waals surface area contributed by atoms with Crippen LogP contribution in [0.15, 0.2) is 17.6 Å². The van der Waals surface area contributed by atoms with E-state index in [9.17, 15) is 18.0 Å². The highest BCUT2D eigenvalue weighted by molar-refractivity contribution is 7.98. The lowest BCUT2D eigenvalue weighted by Crippen LogP contribution is -2.23. The number of aromatic nitrogens is 5. The third kappa shape index (κ3) is 3.90. The Kier molecular flexibility index (Phi) is 4.40. The van der Waals surface area contributed by atoms with Gasteiger partial charge in [-0.15, -0.1) is 5.10 Å². The van der Waals surface area contributed by atoms with E-state index in [1.54, 1.807) is 6.26 Å². The average molecular weight is 318 g/mol. The summed E-state index contributed by atoms with van der Waals surface area (Å²) in [5.41, 5.74) is 0.198. The molecule has 0 fully saturated rings. The van der Waals surface area contributed by atoms with Crippen LogP contribution in [0.1, 0.15) is 22.0 Å². The molecule has 2 rings (SSSR count). The zero-order chi connectivity index (χ0) is 15.5. The predicted octanol–water partition coefficient (Wildman–Crippen LogP) is 1.27. The second-order valence-corrected chi connectivity index (χ2v) is 4.52. The lowest BCUT2D eigenvalue weighted by Gasteiger charge is -2.02. The third-order valence-corrected chi connectivity index (χ3v) is 2.85. The standard InChI is InChI=1S/C10H9F3N6OS/c1-21-9-15-2-5(3-16-9)7(20)14-4-6-17-8(19-18-6)10(11,12)13/h2-3H,4H2,1H3,(H,14,20)(H,17,18,19). The lowest BCUT2D eigenvalue weighted by molar-refractivity contribution is -0.144. The minimum atomic E-state index is -4.62. The maximum Gasteiger partial charge on any atom is 0.453 e. The second-order valence-electron chi connectivity index (χ2n) is 3.74. The first-order chi connectivity index (χ1) is 9.90. The number of nitrogens with one attached hydrogen (secondary N) is 2. The van der Waals surface area contributed by atoms with E-state index in [0.717, 1.165) is 0 Å². The minimum Gasteiger partial charge on any atom is -0.345 e. The molecule has 0 aliphatic heterocycles. The van der Waals surface area contributed by atoms with Crippen LogP contribution in [0.2, 0.25) is 0 Å². The molecule has 0 saturated heterocycles. The van der Waals surface area contributed by atoms with Crippen LogP contribution in [0.3, 0.4) is 0 Å². The molecule has 0 saturated carbocycles. The first-order valence-electron chi connectivity index (χ1n) is 5.53. The molecule has 2 N–H and O–H groups in total. The SMILES string of the molecule is CSc1ncc(C(=O)NCc2nc(C(F)(F)F)n[nH]2)cn1. The number of amides is 1. The highest BCUT2D eigenvalue weighted by Gasteiger charge is 2.35. The monoisotopic (exact) mass is 318 g/mol. The van der Waals surface area contributed by atoms with Gasteiger partial charge >= 0.3 is 6.18 Å². The van der Waals surface area contributed by atoms with Gasteiger partial charge in [-0.1, -0.05) is 11.8 Å². The second kappa shape index (κ2) is 6.08. The number of aromatic amines is 1. The van der Waals surface area contributed by atoms with Crippen molar-refractivity contribution in [3.63, 3.8) is 0 Å². The van der Waals surface area contributed by atoms with Gasteiger partial charge in [0, 0.05) is 12.4 Å². The number of alkyl halides is 3. The van der Waals surface area contributed by atoms with Crippen LogP contribution in [-0.4, -0.2) is 37.3 Å². The highest BCUT2D eigenvalue weighted by Crippen LogP contribution is 2.25. The Bertz CT molecular complexity index is 626. The van der Waals surface area contributed by atoms with Crippen molar-refractivity contribution in [2.24, 2.45) is 0 Å². The summed E-state index contributed by atoms with van der Waals surface area (Å²) in [6, 6.07) is 0. The van der Waals surface area contributed by atoms with Crippen molar-refractivity contribution in [1.29, 1.82) is 0 Å². The summed E-state index contributed by atoms with van der Waals surface area (Å²) in [6.45, 7) is -0.216. The summed E-state index contributed by atoms with van der Waals surface area (Å²) < 4.78 is 36.9. The van der Waals surface area contributed by atoms with Crippen molar-refractivity contribution in [1.82, 2.24) is 30.5 Å². The number of nitrogens with zero attached hydrogens (tertiary/aromatic N) is 4. The zero-order valence-corrected chi connectivity index (χ0v) is 11.4. The summed E-state index contributed by atoms with van der Waals surface area (Å²) in [7, 11) is 0. The first-order valence-corrected chi connectivity index (χ1v) is 6.75. The number of thioether (sulfide) groups is 1. The predicted molar refractivity (Wildman–Crippen MR) is 66.4 cm³/mol. The molecule has 0 atom stereocenters. The molecule has 1 amide bonds. The van der Waals surface area contributed by atoms with Crippen molar-refractivity contribution < 1.29 is 18.0 Å². The van der Waals surface area contributed by atoms with Crippen LogP contribution < -0.4 is 5.32 Å². The molecular weight excluding hydrogens is 309 g/mol. The zero-order valence-electron chi connectivity index (χ0n) is 10.6. The molecule has 7 nitrogen and oxygen atoms in total. The van der Waals surface area contributed by atoms with E-state index in [4.69, 9.17) is 0 Å². The quantitative estimate of drug-likeness (QED) is 0.651. The molecule has 0 aliphatic carbocycles. The minimum absolute atomic E-state index is 0.0997. The van der Waals surface area contributed by atoms with Crippen LogP contribution in [0.25, 0.3) is 0 Å². The largest absolute Gasteiger partial charge is 0.453 e. The van der Waals surface area contributed by atoms with Gasteiger partial charge in [-0.3, -0.25) is 9.89 Å². The van der Waals surface area contributed by atoms with E-state index in [0.29, 0.717) is 5.16 Å². The van der Waals surface area contributed by atoms with E-state index in [1.165, 1.54) is 24.2 Å². The average Bonchev–Trinajstić information content (AvgIpc) is 2.94. The molecule has 11 heteroatoms. The molecule has 0 radical (unpaired) electrons. The van der Waals surface area contributed by atoms with Gasteiger partial charge in [0.1, 0.15) is 5.82 Å². The highest BCUT2D eigenvalue weighted by atomic mass is 32.2. The molecule has 0 aliphatic rings. The fourth-order valence-electron chi connectivity index (χ4n) is 1.31. The Labute approximate surface area is 120 Å². The van der Waals surface area contributed by atoms with E-state index in [2.05, 4.69) is 30.5 Å². The molecule has 0 unspecified atom stereocenters. The molecule has 112 valence electrons. The van der Waals surface area contributed by atoms with Crippen molar-refractivity contribution in [2.45, 2.75) is 17.9 Å². The van der Waals surface area contributed by atoms with E-state index >= 15 is 0 Å². The molecule has 0 bridgehead atoms. The Morgan fingerprint density at radius 1 is 1.38 bits per heavy atom. The maximum absolute atomic E-state index is 12.3. The van der Waals surface area contributed by atoms with Crippen LogP contribution >= 0.6 is 11.8 Å². The van der Waals surface area contributed by atoms with E-state index in [-0.39, 0.29) is 17.9 Å². The van der Waals surface area contributed by atoms with Crippen molar-refractivity contribution in [3.05, 3.63) is 29.6 Å².